The largest absolute Gasteiger partial charge is 0.508 e. The molecule has 0 spiro atoms. The zero-order chi connectivity index (χ0) is 24.9. The van der Waals surface area contributed by atoms with Crippen LogP contribution in [0.5, 0.6) is 11.5 Å². The summed E-state index contributed by atoms with van der Waals surface area (Å²) in [6.07, 6.45) is 0. The molecule has 4 aromatic rings. The first-order chi connectivity index (χ1) is 16.8. The second-order valence-corrected chi connectivity index (χ2v) is 10.0. The molecule has 1 unspecified atom stereocenters. The topological polar surface area (TPSA) is 100.0 Å². The number of rotatable bonds is 4. The molecule has 0 bridgehead atoms. The fraction of sp³-hybridized carbons (Fsp3) is 0.0800. The van der Waals surface area contributed by atoms with Gasteiger partial charge >= 0.3 is 5.91 Å². The number of carbonyl (C=O) groups excluding carboxylic acids is 2. The van der Waals surface area contributed by atoms with Gasteiger partial charge < -0.3 is 14.9 Å². The van der Waals surface area contributed by atoms with Crippen molar-refractivity contribution in [2.75, 3.05) is 12.0 Å². The summed E-state index contributed by atoms with van der Waals surface area (Å²) in [4.78, 5) is 32.4. The van der Waals surface area contributed by atoms with E-state index in [1.807, 2.05) is 0 Å². The highest BCUT2D eigenvalue weighted by Gasteiger charge is 2.48. The van der Waals surface area contributed by atoms with E-state index in [1.54, 1.807) is 48.5 Å². The van der Waals surface area contributed by atoms with E-state index in [0.717, 1.165) is 4.70 Å². The Balaban J connectivity index is 1.72. The number of hydrogen-bond donors (Lipinski definition) is 2. The number of methoxy groups -OCH3 is 1. The number of aliphatic hydroxyl groups is 1. The van der Waals surface area contributed by atoms with Crippen LogP contribution in [0.15, 0.2) is 70.7 Å². The van der Waals surface area contributed by atoms with E-state index in [4.69, 9.17) is 16.3 Å². The third kappa shape index (κ3) is 4.05. The van der Waals surface area contributed by atoms with Crippen molar-refractivity contribution in [1.29, 1.82) is 0 Å². The number of fused-ring (bicyclic) bond motifs is 1. The Morgan fingerprint density at radius 3 is 2.54 bits per heavy atom. The zero-order valence-electron chi connectivity index (χ0n) is 18.0. The summed E-state index contributed by atoms with van der Waals surface area (Å²) in [5, 5.41) is 21.9. The molecule has 1 fully saturated rings. The van der Waals surface area contributed by atoms with E-state index in [1.165, 1.54) is 35.5 Å². The lowest BCUT2D eigenvalue weighted by Gasteiger charge is -2.23. The molecular weight excluding hydrogens is 556 g/mol. The van der Waals surface area contributed by atoms with Crippen LogP contribution in [0.3, 0.4) is 0 Å². The molecule has 1 aliphatic heterocycles. The van der Waals surface area contributed by atoms with E-state index in [2.05, 4.69) is 20.9 Å². The molecule has 2 heterocycles. The minimum Gasteiger partial charge on any atom is -0.508 e. The number of Topliss-reactive ketones (excluding diaryl/α,β-unsaturated/α-hetero) is 1. The van der Waals surface area contributed by atoms with Gasteiger partial charge in [0.15, 0.2) is 5.13 Å². The maximum atomic E-state index is 13.3. The number of nitrogens with zero attached hydrogens (tertiary/aromatic N) is 2. The lowest BCUT2D eigenvalue weighted by Crippen LogP contribution is -2.29. The maximum Gasteiger partial charge on any atom is 0.301 e. The molecule has 5 rings (SSSR count). The van der Waals surface area contributed by atoms with Crippen LogP contribution in [-0.4, -0.2) is 34.0 Å². The van der Waals surface area contributed by atoms with Crippen LogP contribution in [0.4, 0.5) is 5.13 Å². The molecule has 1 aliphatic rings. The Kier molecular flexibility index (Phi) is 6.00. The second kappa shape index (κ2) is 8.99. The van der Waals surface area contributed by atoms with Crippen molar-refractivity contribution < 1.29 is 24.5 Å². The fourth-order valence-corrected chi connectivity index (χ4v) is 5.77. The van der Waals surface area contributed by atoms with Crippen LogP contribution < -0.4 is 9.64 Å². The number of aromatic hydroxyl groups is 1. The van der Waals surface area contributed by atoms with Crippen molar-refractivity contribution in [3.8, 4) is 11.5 Å². The normalized spacial score (nSPS) is 17.3. The van der Waals surface area contributed by atoms with Crippen LogP contribution in [0, 0.1) is 0 Å². The molecule has 7 nitrogen and oxygen atoms in total. The highest BCUT2D eigenvalue weighted by molar-refractivity contribution is 9.10. The number of carbonyl (C=O) groups is 2. The number of ketones is 1. The molecule has 2 N–H and O–H groups in total. The van der Waals surface area contributed by atoms with Crippen molar-refractivity contribution in [2.45, 2.75) is 6.04 Å². The molecule has 0 aliphatic carbocycles. The van der Waals surface area contributed by atoms with E-state index in [0.29, 0.717) is 31.9 Å². The van der Waals surface area contributed by atoms with Crippen molar-refractivity contribution in [3.63, 3.8) is 0 Å². The Labute approximate surface area is 217 Å². The average molecular weight is 572 g/mol. The Bertz CT molecular complexity index is 1530. The summed E-state index contributed by atoms with van der Waals surface area (Å²) in [5.41, 5.74) is 1.39. The average Bonchev–Trinajstić information content (AvgIpc) is 3.37. The summed E-state index contributed by atoms with van der Waals surface area (Å²) in [7, 11) is 1.52. The molecule has 3 aromatic carbocycles. The number of anilines is 1. The summed E-state index contributed by atoms with van der Waals surface area (Å²) >= 11 is 10.7. The van der Waals surface area contributed by atoms with Crippen molar-refractivity contribution >= 4 is 71.7 Å². The number of phenolic OH excluding ortho intramolecular Hbond substituents is 1. The molecule has 176 valence electrons. The number of benzene rings is 3. The zero-order valence-corrected chi connectivity index (χ0v) is 21.2. The Hall–Kier alpha value is -3.40. The van der Waals surface area contributed by atoms with Gasteiger partial charge in [-0.2, -0.15) is 0 Å². The molecule has 10 heteroatoms. The monoisotopic (exact) mass is 570 g/mol. The number of aromatic nitrogens is 1. The van der Waals surface area contributed by atoms with Gasteiger partial charge in [-0.3, -0.25) is 14.5 Å². The third-order valence-electron chi connectivity index (χ3n) is 5.62. The lowest BCUT2D eigenvalue weighted by molar-refractivity contribution is -0.132. The SMILES string of the molecule is COc1ccc(/C(O)=C2\C(=O)C(=O)N(c3nc4ccc(Cl)cc4s3)C2c2ccc(O)cc2)cc1Br. The number of thiazole rings is 1. The second-order valence-electron chi connectivity index (χ2n) is 7.72. The van der Waals surface area contributed by atoms with E-state index in [9.17, 15) is 19.8 Å². The van der Waals surface area contributed by atoms with E-state index >= 15 is 0 Å². The molecule has 0 saturated carbocycles. The third-order valence-corrected chi connectivity index (χ3v) is 7.50. The molecule has 1 saturated heterocycles. The molecular formula is C25H16BrClN2O5S. The summed E-state index contributed by atoms with van der Waals surface area (Å²) in [6.45, 7) is 0. The van der Waals surface area contributed by atoms with E-state index < -0.39 is 17.7 Å². The lowest BCUT2D eigenvalue weighted by atomic mass is 9.95. The summed E-state index contributed by atoms with van der Waals surface area (Å²) in [6, 6.07) is 15.2. The van der Waals surface area contributed by atoms with Crippen molar-refractivity contribution in [1.82, 2.24) is 4.98 Å². The molecule has 1 amide bonds. The first-order valence-electron chi connectivity index (χ1n) is 10.3. The predicted molar refractivity (Wildman–Crippen MR) is 138 cm³/mol. The summed E-state index contributed by atoms with van der Waals surface area (Å²) in [5.74, 6) is -1.42. The number of halogens is 2. The minimum atomic E-state index is -0.965. The highest BCUT2D eigenvalue weighted by Crippen LogP contribution is 2.45. The summed E-state index contributed by atoms with van der Waals surface area (Å²) < 4.78 is 6.56. The van der Waals surface area contributed by atoms with Crippen molar-refractivity contribution in [3.05, 3.63) is 86.9 Å². The van der Waals surface area contributed by atoms with Gasteiger partial charge in [0.25, 0.3) is 5.78 Å². The first-order valence-corrected chi connectivity index (χ1v) is 12.3. The van der Waals surface area contributed by atoms with Crippen LogP contribution in [0.25, 0.3) is 16.0 Å². The van der Waals surface area contributed by atoms with Gasteiger partial charge in [0, 0.05) is 10.6 Å². The van der Waals surface area contributed by atoms with Crippen LogP contribution in [0.1, 0.15) is 17.2 Å². The van der Waals surface area contributed by atoms with Gasteiger partial charge in [0.2, 0.25) is 0 Å². The van der Waals surface area contributed by atoms with Crippen molar-refractivity contribution in [2.24, 2.45) is 0 Å². The number of phenols is 1. The molecule has 0 radical (unpaired) electrons. The molecule has 1 atom stereocenters. The Morgan fingerprint density at radius 1 is 1.11 bits per heavy atom. The maximum absolute atomic E-state index is 13.3. The van der Waals surface area contributed by atoms with Gasteiger partial charge in [-0.25, -0.2) is 4.98 Å². The standard InChI is InChI=1S/C25H16BrClN2O5S/c1-34-18-9-4-13(10-16(18)26)22(31)20-21(12-2-6-15(30)7-3-12)29(24(33)23(20)32)25-28-17-8-5-14(27)11-19(17)35-25/h2-11,21,30-31H,1H3/b22-20+. The van der Waals surface area contributed by atoms with Gasteiger partial charge in [-0.15, -0.1) is 0 Å². The van der Waals surface area contributed by atoms with Gasteiger partial charge in [0.05, 0.1) is 33.4 Å². The Morgan fingerprint density at radius 2 is 1.86 bits per heavy atom. The van der Waals surface area contributed by atoms with Crippen LogP contribution in [0.2, 0.25) is 5.02 Å². The van der Waals surface area contributed by atoms with E-state index in [-0.39, 0.29) is 22.2 Å². The molecule has 1 aromatic heterocycles. The van der Waals surface area contributed by atoms with Gasteiger partial charge in [-0.1, -0.05) is 35.1 Å². The predicted octanol–water partition coefficient (Wildman–Crippen LogP) is 6.05. The molecule has 35 heavy (non-hydrogen) atoms. The fourth-order valence-electron chi connectivity index (χ4n) is 3.96. The van der Waals surface area contributed by atoms with Crippen LogP contribution in [-0.2, 0) is 9.59 Å². The number of hydrogen-bond acceptors (Lipinski definition) is 7. The van der Waals surface area contributed by atoms with Gasteiger partial charge in [0.1, 0.15) is 17.3 Å². The van der Waals surface area contributed by atoms with Crippen LogP contribution >= 0.6 is 38.9 Å². The smallest absolute Gasteiger partial charge is 0.301 e. The van der Waals surface area contributed by atoms with Gasteiger partial charge in [-0.05, 0) is 70.0 Å². The number of ether oxygens (including phenoxy) is 1. The highest BCUT2D eigenvalue weighted by atomic mass is 79.9. The minimum absolute atomic E-state index is 0.0272. The number of amides is 1. The quantitative estimate of drug-likeness (QED) is 0.176. The number of aliphatic hydroxyl groups excluding tert-OH is 1. The first kappa shape index (κ1) is 23.3.